The molecule has 6 heteroatoms. The summed E-state index contributed by atoms with van der Waals surface area (Å²) in [6, 6.07) is 2.76. The van der Waals surface area contributed by atoms with Crippen LogP contribution in [0, 0.1) is 5.92 Å². The number of fused-ring (bicyclic) bond motifs is 1. The summed E-state index contributed by atoms with van der Waals surface area (Å²) in [5.41, 5.74) is 6.46. The molecule has 0 spiro atoms. The van der Waals surface area contributed by atoms with E-state index in [1.54, 1.807) is 6.07 Å². The van der Waals surface area contributed by atoms with Gasteiger partial charge in [0.2, 0.25) is 0 Å². The summed E-state index contributed by atoms with van der Waals surface area (Å²) in [6.07, 6.45) is 0.977. The third kappa shape index (κ3) is 2.79. The first-order valence-corrected chi connectivity index (χ1v) is 7.42. The molecule has 1 aliphatic rings. The van der Waals surface area contributed by atoms with Crippen molar-refractivity contribution >= 4 is 11.0 Å². The van der Waals surface area contributed by atoms with Crippen LogP contribution < -0.4 is 5.73 Å². The standard InChI is InChI=1S/C16H18F3N3/c1-9-6-10(8-11(20)7-9)12-2-3-13(16(17,18)19)15-14(12)21-4-5-22-15/h2-5,9-11H,6-8,20H2,1H3/t9-,10?,11-/m1/s1. The lowest BCUT2D eigenvalue weighted by molar-refractivity contribution is -0.136. The highest BCUT2D eigenvalue weighted by Crippen LogP contribution is 2.40. The van der Waals surface area contributed by atoms with Gasteiger partial charge in [0.05, 0.1) is 11.1 Å². The van der Waals surface area contributed by atoms with E-state index in [1.165, 1.54) is 12.4 Å². The fourth-order valence-electron chi connectivity index (χ4n) is 3.55. The molecule has 3 rings (SSSR count). The molecule has 0 aliphatic heterocycles. The Labute approximate surface area is 126 Å². The predicted molar refractivity (Wildman–Crippen MR) is 78.3 cm³/mol. The van der Waals surface area contributed by atoms with Gasteiger partial charge in [-0.3, -0.25) is 9.97 Å². The van der Waals surface area contributed by atoms with Crippen LogP contribution in [0.25, 0.3) is 11.0 Å². The summed E-state index contributed by atoms with van der Waals surface area (Å²) in [6.45, 7) is 2.13. The van der Waals surface area contributed by atoms with E-state index >= 15 is 0 Å². The van der Waals surface area contributed by atoms with Crippen LogP contribution in [0.15, 0.2) is 24.5 Å². The minimum atomic E-state index is -4.43. The molecule has 3 atom stereocenters. The minimum Gasteiger partial charge on any atom is -0.328 e. The van der Waals surface area contributed by atoms with E-state index in [0.29, 0.717) is 11.4 Å². The van der Waals surface area contributed by atoms with Crippen LogP contribution in [-0.4, -0.2) is 16.0 Å². The van der Waals surface area contributed by atoms with E-state index in [2.05, 4.69) is 16.9 Å². The SMILES string of the molecule is C[C@@H]1CC(c2ccc(C(F)(F)F)c3nccnc23)C[C@H](N)C1. The molecule has 22 heavy (non-hydrogen) atoms. The fourth-order valence-corrected chi connectivity index (χ4v) is 3.55. The Morgan fingerprint density at radius 1 is 1.05 bits per heavy atom. The van der Waals surface area contributed by atoms with Crippen molar-refractivity contribution in [3.05, 3.63) is 35.7 Å². The van der Waals surface area contributed by atoms with Gasteiger partial charge in [-0.2, -0.15) is 13.2 Å². The summed E-state index contributed by atoms with van der Waals surface area (Å²) in [5.74, 6) is 0.600. The van der Waals surface area contributed by atoms with Crippen molar-refractivity contribution in [1.82, 2.24) is 9.97 Å². The van der Waals surface area contributed by atoms with Gasteiger partial charge in [0.25, 0.3) is 0 Å². The zero-order valence-corrected chi connectivity index (χ0v) is 12.3. The van der Waals surface area contributed by atoms with Gasteiger partial charge in [-0.1, -0.05) is 13.0 Å². The Bertz CT molecular complexity index is 674. The Morgan fingerprint density at radius 3 is 2.36 bits per heavy atom. The van der Waals surface area contributed by atoms with E-state index in [9.17, 15) is 13.2 Å². The Balaban J connectivity index is 2.12. The van der Waals surface area contributed by atoms with Crippen LogP contribution in [0.2, 0.25) is 0 Å². The zero-order valence-electron chi connectivity index (χ0n) is 12.3. The topological polar surface area (TPSA) is 51.8 Å². The summed E-state index contributed by atoms with van der Waals surface area (Å²) in [4.78, 5) is 8.10. The van der Waals surface area contributed by atoms with Crippen molar-refractivity contribution < 1.29 is 13.2 Å². The van der Waals surface area contributed by atoms with Gasteiger partial charge < -0.3 is 5.73 Å². The third-order valence-electron chi connectivity index (χ3n) is 4.38. The van der Waals surface area contributed by atoms with Gasteiger partial charge in [-0.15, -0.1) is 0 Å². The molecule has 118 valence electrons. The molecule has 1 aromatic heterocycles. The molecule has 1 fully saturated rings. The molecule has 0 radical (unpaired) electrons. The smallest absolute Gasteiger partial charge is 0.328 e. The van der Waals surface area contributed by atoms with Gasteiger partial charge in [0.15, 0.2) is 0 Å². The maximum absolute atomic E-state index is 13.1. The molecule has 2 N–H and O–H groups in total. The van der Waals surface area contributed by atoms with Crippen LogP contribution >= 0.6 is 0 Å². The van der Waals surface area contributed by atoms with Crippen molar-refractivity contribution in [1.29, 1.82) is 0 Å². The Kier molecular flexibility index (Phi) is 3.80. The lowest BCUT2D eigenvalue weighted by Crippen LogP contribution is -2.31. The fraction of sp³-hybridized carbons (Fsp3) is 0.500. The van der Waals surface area contributed by atoms with Crippen LogP contribution in [0.5, 0.6) is 0 Å². The van der Waals surface area contributed by atoms with Crippen molar-refractivity contribution in [2.45, 2.75) is 44.3 Å². The Morgan fingerprint density at radius 2 is 1.73 bits per heavy atom. The van der Waals surface area contributed by atoms with Crippen LogP contribution in [0.3, 0.4) is 0 Å². The summed E-state index contributed by atoms with van der Waals surface area (Å²) in [7, 11) is 0. The number of aromatic nitrogens is 2. The first-order valence-electron chi connectivity index (χ1n) is 7.42. The first-order chi connectivity index (χ1) is 10.4. The monoisotopic (exact) mass is 309 g/mol. The molecule has 0 amide bonds. The summed E-state index contributed by atoms with van der Waals surface area (Å²) in [5, 5.41) is 0. The van der Waals surface area contributed by atoms with Gasteiger partial charge in [0, 0.05) is 18.4 Å². The van der Waals surface area contributed by atoms with Gasteiger partial charge in [-0.05, 0) is 42.7 Å². The molecule has 1 saturated carbocycles. The van der Waals surface area contributed by atoms with Gasteiger partial charge in [0.1, 0.15) is 5.52 Å². The normalized spacial score (nSPS) is 26.3. The maximum atomic E-state index is 13.1. The highest BCUT2D eigenvalue weighted by Gasteiger charge is 2.35. The van der Waals surface area contributed by atoms with Gasteiger partial charge >= 0.3 is 6.18 Å². The van der Waals surface area contributed by atoms with Crippen molar-refractivity contribution in [2.75, 3.05) is 0 Å². The first kappa shape index (κ1) is 15.2. The molecular weight excluding hydrogens is 291 g/mol. The van der Waals surface area contributed by atoms with Crippen LogP contribution in [0.4, 0.5) is 13.2 Å². The maximum Gasteiger partial charge on any atom is 0.418 e. The highest BCUT2D eigenvalue weighted by atomic mass is 19.4. The number of hydrogen-bond acceptors (Lipinski definition) is 3. The molecule has 1 aromatic carbocycles. The molecule has 1 unspecified atom stereocenters. The van der Waals surface area contributed by atoms with Crippen LogP contribution in [0.1, 0.15) is 43.2 Å². The molecule has 0 saturated heterocycles. The summed E-state index contributed by atoms with van der Waals surface area (Å²) < 4.78 is 39.4. The van der Waals surface area contributed by atoms with Crippen molar-refractivity contribution in [2.24, 2.45) is 11.7 Å². The van der Waals surface area contributed by atoms with Gasteiger partial charge in [-0.25, -0.2) is 0 Å². The molecule has 1 aliphatic carbocycles. The predicted octanol–water partition coefficient (Wildman–Crippen LogP) is 3.88. The number of hydrogen-bond donors (Lipinski definition) is 1. The molecule has 2 aromatic rings. The van der Waals surface area contributed by atoms with E-state index in [4.69, 9.17) is 5.73 Å². The second-order valence-corrected chi connectivity index (χ2v) is 6.22. The molecular formula is C16H18F3N3. The van der Waals surface area contributed by atoms with E-state index in [1.807, 2.05) is 0 Å². The average Bonchev–Trinajstić information content (AvgIpc) is 2.44. The average molecular weight is 309 g/mol. The van der Waals surface area contributed by atoms with E-state index in [-0.39, 0.29) is 17.5 Å². The number of rotatable bonds is 1. The highest BCUT2D eigenvalue weighted by molar-refractivity contribution is 5.82. The second kappa shape index (κ2) is 5.50. The Hall–Kier alpha value is -1.69. The quantitative estimate of drug-likeness (QED) is 0.869. The zero-order chi connectivity index (χ0) is 15.9. The lowest BCUT2D eigenvalue weighted by atomic mass is 9.76. The third-order valence-corrected chi connectivity index (χ3v) is 4.38. The van der Waals surface area contributed by atoms with E-state index in [0.717, 1.165) is 30.9 Å². The number of benzene rings is 1. The van der Waals surface area contributed by atoms with E-state index < -0.39 is 11.7 Å². The van der Waals surface area contributed by atoms with Crippen LogP contribution in [-0.2, 0) is 6.18 Å². The molecule has 3 nitrogen and oxygen atoms in total. The van der Waals surface area contributed by atoms with Crippen molar-refractivity contribution in [3.63, 3.8) is 0 Å². The minimum absolute atomic E-state index is 0.0701. The largest absolute Gasteiger partial charge is 0.418 e. The number of halogens is 3. The number of alkyl halides is 3. The van der Waals surface area contributed by atoms with Crippen molar-refractivity contribution in [3.8, 4) is 0 Å². The number of nitrogens with zero attached hydrogens (tertiary/aromatic N) is 2. The number of nitrogens with two attached hydrogens (primary N) is 1. The summed E-state index contributed by atoms with van der Waals surface area (Å²) >= 11 is 0. The molecule has 1 heterocycles. The lowest BCUT2D eigenvalue weighted by Gasteiger charge is -2.32. The molecule has 0 bridgehead atoms. The second-order valence-electron chi connectivity index (χ2n) is 6.22.